The van der Waals surface area contributed by atoms with Crippen molar-refractivity contribution in [2.45, 2.75) is 25.7 Å². The van der Waals surface area contributed by atoms with Gasteiger partial charge in [0.25, 0.3) is 5.91 Å². The van der Waals surface area contributed by atoms with Crippen LogP contribution in [-0.4, -0.2) is 48.4 Å². The molecule has 2 saturated heterocycles. The Labute approximate surface area is 160 Å². The molecule has 142 valence electrons. The van der Waals surface area contributed by atoms with Gasteiger partial charge in [0.15, 0.2) is 12.4 Å². The van der Waals surface area contributed by atoms with E-state index in [0.717, 1.165) is 45.6 Å². The Morgan fingerprint density at radius 2 is 1.81 bits per heavy atom. The first-order valence-electron chi connectivity index (χ1n) is 9.88. The van der Waals surface area contributed by atoms with Crippen LogP contribution in [0.3, 0.4) is 0 Å². The van der Waals surface area contributed by atoms with Gasteiger partial charge in [0, 0.05) is 43.7 Å². The summed E-state index contributed by atoms with van der Waals surface area (Å²) in [7, 11) is 0. The van der Waals surface area contributed by atoms with Crippen molar-refractivity contribution in [3.8, 4) is 0 Å². The topological polar surface area (TPSA) is 50.5 Å². The first-order chi connectivity index (χ1) is 13.1. The first-order valence-corrected chi connectivity index (χ1v) is 9.88. The van der Waals surface area contributed by atoms with Gasteiger partial charge in [-0.05, 0) is 37.8 Å². The minimum absolute atomic E-state index is 0.0499. The first kappa shape index (κ1) is 18.0. The SMILES string of the molecule is O=C(c1cc[n+]([O-])cc1)N1CCC2(CCCN(CCc3ccccc3)C2)C1. The molecule has 1 aromatic carbocycles. The highest BCUT2D eigenvalue weighted by atomic mass is 16.5. The van der Waals surface area contributed by atoms with Gasteiger partial charge in [-0.2, -0.15) is 4.73 Å². The summed E-state index contributed by atoms with van der Waals surface area (Å²) in [6.45, 7) is 4.98. The van der Waals surface area contributed by atoms with E-state index in [1.807, 2.05) is 4.90 Å². The Balaban J connectivity index is 1.36. The molecule has 2 fully saturated rings. The van der Waals surface area contributed by atoms with Crippen molar-refractivity contribution >= 4 is 5.91 Å². The van der Waals surface area contributed by atoms with Gasteiger partial charge in [-0.3, -0.25) is 4.79 Å². The Kier molecular flexibility index (Phi) is 5.12. The molecule has 1 atom stereocenters. The van der Waals surface area contributed by atoms with Crippen LogP contribution in [0.25, 0.3) is 0 Å². The maximum Gasteiger partial charge on any atom is 0.254 e. The molecule has 4 rings (SSSR count). The highest BCUT2D eigenvalue weighted by molar-refractivity contribution is 5.94. The third-order valence-corrected chi connectivity index (χ3v) is 6.07. The van der Waals surface area contributed by atoms with Gasteiger partial charge in [-0.25, -0.2) is 0 Å². The van der Waals surface area contributed by atoms with Crippen LogP contribution >= 0.6 is 0 Å². The van der Waals surface area contributed by atoms with Crippen molar-refractivity contribution in [2.24, 2.45) is 5.41 Å². The zero-order valence-corrected chi connectivity index (χ0v) is 15.7. The zero-order valence-electron chi connectivity index (χ0n) is 15.7. The van der Waals surface area contributed by atoms with Crippen LogP contribution in [0.4, 0.5) is 0 Å². The molecule has 2 aliphatic rings. The monoisotopic (exact) mass is 365 g/mol. The lowest BCUT2D eigenvalue weighted by atomic mass is 9.79. The minimum Gasteiger partial charge on any atom is -0.619 e. The number of rotatable bonds is 4. The van der Waals surface area contributed by atoms with Crippen LogP contribution in [0.5, 0.6) is 0 Å². The third-order valence-electron chi connectivity index (χ3n) is 6.07. The van der Waals surface area contributed by atoms with E-state index >= 15 is 0 Å². The number of hydrogen-bond donors (Lipinski definition) is 0. The molecule has 0 radical (unpaired) electrons. The summed E-state index contributed by atoms with van der Waals surface area (Å²) in [5, 5.41) is 11.2. The lowest BCUT2D eigenvalue weighted by Gasteiger charge is -2.40. The molecular weight excluding hydrogens is 338 g/mol. The number of benzene rings is 1. The second-order valence-corrected chi connectivity index (χ2v) is 8.04. The van der Waals surface area contributed by atoms with Crippen LogP contribution < -0.4 is 4.73 Å². The molecule has 0 bridgehead atoms. The van der Waals surface area contributed by atoms with Crippen LogP contribution in [-0.2, 0) is 6.42 Å². The third kappa shape index (κ3) is 4.14. The van der Waals surface area contributed by atoms with E-state index in [1.165, 1.54) is 30.8 Å². The molecule has 1 spiro atoms. The Hall–Kier alpha value is -2.40. The van der Waals surface area contributed by atoms with Crippen LogP contribution in [0.15, 0.2) is 54.9 Å². The minimum atomic E-state index is 0.0499. The van der Waals surface area contributed by atoms with Crippen LogP contribution in [0.2, 0.25) is 0 Å². The molecule has 5 heteroatoms. The number of amides is 1. The Morgan fingerprint density at radius 1 is 1.04 bits per heavy atom. The summed E-state index contributed by atoms with van der Waals surface area (Å²) in [4.78, 5) is 17.3. The molecule has 0 N–H and O–H groups in total. The highest BCUT2D eigenvalue weighted by Crippen LogP contribution is 2.39. The van der Waals surface area contributed by atoms with Crippen molar-refractivity contribution in [2.75, 3.05) is 32.7 Å². The Morgan fingerprint density at radius 3 is 2.59 bits per heavy atom. The summed E-state index contributed by atoms with van der Waals surface area (Å²) >= 11 is 0. The lowest BCUT2D eigenvalue weighted by molar-refractivity contribution is -0.605. The summed E-state index contributed by atoms with van der Waals surface area (Å²) in [6.07, 6.45) is 7.36. The van der Waals surface area contributed by atoms with Crippen molar-refractivity contribution < 1.29 is 9.52 Å². The van der Waals surface area contributed by atoms with E-state index in [1.54, 1.807) is 12.1 Å². The average Bonchev–Trinajstić information content (AvgIpc) is 3.10. The van der Waals surface area contributed by atoms with E-state index in [2.05, 4.69) is 35.2 Å². The van der Waals surface area contributed by atoms with E-state index in [0.29, 0.717) is 10.3 Å². The van der Waals surface area contributed by atoms with Crippen molar-refractivity contribution in [1.82, 2.24) is 9.80 Å². The fourth-order valence-corrected chi connectivity index (χ4v) is 4.61. The van der Waals surface area contributed by atoms with E-state index in [-0.39, 0.29) is 11.3 Å². The molecule has 2 aliphatic heterocycles. The maximum absolute atomic E-state index is 12.8. The number of carbonyl (C=O) groups is 1. The number of pyridine rings is 1. The number of aromatic nitrogens is 1. The number of carbonyl (C=O) groups excluding carboxylic acids is 1. The molecule has 1 unspecified atom stereocenters. The lowest BCUT2D eigenvalue weighted by Crippen LogP contribution is -2.46. The smallest absolute Gasteiger partial charge is 0.254 e. The van der Waals surface area contributed by atoms with Gasteiger partial charge >= 0.3 is 0 Å². The van der Waals surface area contributed by atoms with Crippen molar-refractivity contribution in [3.05, 3.63) is 71.2 Å². The molecule has 2 aromatic rings. The molecular formula is C22H27N3O2. The second kappa shape index (κ2) is 7.69. The predicted octanol–water partition coefficient (Wildman–Crippen LogP) is 2.49. The van der Waals surface area contributed by atoms with E-state index in [4.69, 9.17) is 0 Å². The maximum atomic E-state index is 12.8. The molecule has 0 saturated carbocycles. The zero-order chi connectivity index (χ0) is 18.7. The molecule has 27 heavy (non-hydrogen) atoms. The molecule has 0 aliphatic carbocycles. The standard InChI is InChI=1S/C22H27N3O2/c26-21(20-8-14-25(27)15-9-20)24-16-11-22(18-24)10-4-12-23(17-22)13-7-19-5-2-1-3-6-19/h1-3,5-6,8-9,14-15H,4,7,10-13,16-18H2. The Bertz CT molecular complexity index is 778. The average molecular weight is 365 g/mol. The van der Waals surface area contributed by atoms with Gasteiger partial charge in [-0.1, -0.05) is 30.3 Å². The second-order valence-electron chi connectivity index (χ2n) is 8.04. The summed E-state index contributed by atoms with van der Waals surface area (Å²) in [6, 6.07) is 13.9. The van der Waals surface area contributed by atoms with E-state index < -0.39 is 0 Å². The summed E-state index contributed by atoms with van der Waals surface area (Å²) < 4.78 is 0.716. The van der Waals surface area contributed by atoms with Crippen molar-refractivity contribution in [1.29, 1.82) is 0 Å². The molecule has 1 amide bonds. The molecule has 1 aromatic heterocycles. The van der Waals surface area contributed by atoms with Gasteiger partial charge in [-0.15, -0.1) is 0 Å². The number of hydrogen-bond acceptors (Lipinski definition) is 3. The highest BCUT2D eigenvalue weighted by Gasteiger charge is 2.42. The number of nitrogens with zero attached hydrogens (tertiary/aromatic N) is 3. The quantitative estimate of drug-likeness (QED) is 0.618. The largest absolute Gasteiger partial charge is 0.619 e. The van der Waals surface area contributed by atoms with Gasteiger partial charge in [0.05, 0.1) is 5.56 Å². The summed E-state index contributed by atoms with van der Waals surface area (Å²) in [5.41, 5.74) is 2.23. The van der Waals surface area contributed by atoms with Crippen LogP contribution in [0.1, 0.15) is 35.2 Å². The number of likely N-dealkylation sites (tertiary alicyclic amines) is 2. The molecule has 3 heterocycles. The molecule has 5 nitrogen and oxygen atoms in total. The van der Waals surface area contributed by atoms with Gasteiger partial charge in [0.2, 0.25) is 0 Å². The van der Waals surface area contributed by atoms with Crippen LogP contribution in [0, 0.1) is 10.6 Å². The van der Waals surface area contributed by atoms with Crippen molar-refractivity contribution in [3.63, 3.8) is 0 Å². The normalized spacial score (nSPS) is 23.0. The fraction of sp³-hybridized carbons (Fsp3) is 0.455. The summed E-state index contributed by atoms with van der Waals surface area (Å²) in [5.74, 6) is 0.0499. The predicted molar refractivity (Wildman–Crippen MR) is 104 cm³/mol. The number of piperidine rings is 1. The fourth-order valence-electron chi connectivity index (χ4n) is 4.61. The van der Waals surface area contributed by atoms with E-state index in [9.17, 15) is 10.0 Å². The van der Waals surface area contributed by atoms with Gasteiger partial charge in [0.1, 0.15) is 0 Å². The van der Waals surface area contributed by atoms with Gasteiger partial charge < -0.3 is 15.0 Å².